The van der Waals surface area contributed by atoms with E-state index in [0.717, 1.165) is 29.1 Å². The van der Waals surface area contributed by atoms with Crippen LogP contribution in [0.2, 0.25) is 0 Å². The second-order valence-electron chi connectivity index (χ2n) is 9.72. The van der Waals surface area contributed by atoms with Crippen molar-refractivity contribution >= 4 is 22.7 Å². The summed E-state index contributed by atoms with van der Waals surface area (Å²) in [5.41, 5.74) is 3.92. The van der Waals surface area contributed by atoms with Crippen LogP contribution in [0.5, 0.6) is 0 Å². The van der Waals surface area contributed by atoms with Crippen molar-refractivity contribution in [3.8, 4) is 5.69 Å². The average molecular weight is 474 g/mol. The predicted octanol–water partition coefficient (Wildman–Crippen LogP) is 3.99. The van der Waals surface area contributed by atoms with Crippen LogP contribution < -0.4 is 16.2 Å². The highest BCUT2D eigenvalue weighted by molar-refractivity contribution is 5.77. The molecule has 4 aromatic rings. The highest BCUT2D eigenvalue weighted by atomic mass is 19.1. The van der Waals surface area contributed by atoms with E-state index in [1.807, 2.05) is 18.2 Å². The van der Waals surface area contributed by atoms with Crippen molar-refractivity contribution in [1.82, 2.24) is 29.6 Å². The van der Waals surface area contributed by atoms with Crippen molar-refractivity contribution in [1.29, 1.82) is 0 Å². The van der Waals surface area contributed by atoms with Crippen LogP contribution in [0.1, 0.15) is 37.6 Å². The Hall–Kier alpha value is -3.85. The Labute approximate surface area is 202 Å². The van der Waals surface area contributed by atoms with Crippen molar-refractivity contribution in [2.75, 3.05) is 11.9 Å². The van der Waals surface area contributed by atoms with E-state index in [1.54, 1.807) is 21.6 Å². The summed E-state index contributed by atoms with van der Waals surface area (Å²) in [4.78, 5) is 26.7. The van der Waals surface area contributed by atoms with Gasteiger partial charge in [-0.1, -0.05) is 26.8 Å². The van der Waals surface area contributed by atoms with Crippen molar-refractivity contribution < 1.29 is 4.39 Å². The number of allylic oxidation sites excluding steroid dienone is 1. The summed E-state index contributed by atoms with van der Waals surface area (Å²) in [5, 5.41) is 6.76. The number of hydrogen-bond donors (Lipinski definition) is 2. The number of nitrogens with zero attached hydrogens (tertiary/aromatic N) is 5. The predicted molar refractivity (Wildman–Crippen MR) is 135 cm³/mol. The topological polar surface area (TPSA) is 89.7 Å². The van der Waals surface area contributed by atoms with Crippen molar-refractivity contribution in [3.63, 3.8) is 0 Å². The normalized spacial score (nSPS) is 13.6. The second kappa shape index (κ2) is 8.74. The molecule has 35 heavy (non-hydrogen) atoms. The summed E-state index contributed by atoms with van der Waals surface area (Å²) < 4.78 is 18.0. The van der Waals surface area contributed by atoms with Crippen LogP contribution in [0.25, 0.3) is 16.7 Å². The Kier molecular flexibility index (Phi) is 5.72. The highest BCUT2D eigenvalue weighted by Crippen LogP contribution is 2.26. The first-order chi connectivity index (χ1) is 16.8. The van der Waals surface area contributed by atoms with Crippen LogP contribution in [-0.4, -0.2) is 30.9 Å². The lowest BCUT2D eigenvalue weighted by molar-refractivity contribution is 0.563. The van der Waals surface area contributed by atoms with E-state index in [9.17, 15) is 9.18 Å². The zero-order valence-electron chi connectivity index (χ0n) is 20.1. The molecule has 1 aliphatic rings. The van der Waals surface area contributed by atoms with Gasteiger partial charge in [-0.2, -0.15) is 4.98 Å². The van der Waals surface area contributed by atoms with E-state index in [2.05, 4.69) is 52.9 Å². The molecule has 4 heterocycles. The van der Waals surface area contributed by atoms with Crippen molar-refractivity contribution in [3.05, 3.63) is 82.3 Å². The molecule has 0 saturated carbocycles. The van der Waals surface area contributed by atoms with Crippen molar-refractivity contribution in [2.45, 2.75) is 45.7 Å². The molecule has 0 spiro atoms. The minimum Gasteiger partial charge on any atom is -0.324 e. The van der Waals surface area contributed by atoms with Gasteiger partial charge in [0.15, 0.2) is 5.65 Å². The fourth-order valence-electron chi connectivity index (χ4n) is 4.37. The molecule has 0 aliphatic carbocycles. The lowest BCUT2D eigenvalue weighted by Crippen LogP contribution is -2.24. The molecule has 0 fully saturated rings. The third kappa shape index (κ3) is 4.23. The maximum absolute atomic E-state index is 14.7. The standard InChI is InChI=1S/C26H28FN7O/c1-5-10-33-24(35)20-15-30-25(31-17-11-16-14-28-8-7-19(16)21(27)12-17)32-23(20)34(33)18-6-9-29-22(13-18)26(2,3)4/h5-6,9,11-13,15,28H,1,7-8,10,14H2,2-4H3,(H,30,31,32). The number of benzene rings is 1. The summed E-state index contributed by atoms with van der Waals surface area (Å²) in [7, 11) is 0. The number of rotatable bonds is 5. The molecule has 5 rings (SSSR count). The number of fused-ring (bicyclic) bond motifs is 2. The molecular formula is C26H28FN7O. The first-order valence-electron chi connectivity index (χ1n) is 11.6. The summed E-state index contributed by atoms with van der Waals surface area (Å²) in [6.45, 7) is 11.7. The zero-order valence-corrected chi connectivity index (χ0v) is 20.1. The monoisotopic (exact) mass is 473 g/mol. The minimum absolute atomic E-state index is 0.171. The summed E-state index contributed by atoms with van der Waals surface area (Å²) in [6, 6.07) is 7.17. The molecule has 1 aliphatic heterocycles. The second-order valence-corrected chi connectivity index (χ2v) is 9.72. The first kappa shape index (κ1) is 22.9. The van der Waals surface area contributed by atoms with Crippen LogP contribution >= 0.6 is 0 Å². The van der Waals surface area contributed by atoms with Gasteiger partial charge in [0.05, 0.1) is 12.2 Å². The quantitative estimate of drug-likeness (QED) is 0.426. The first-order valence-corrected chi connectivity index (χ1v) is 11.6. The molecule has 180 valence electrons. The van der Waals surface area contributed by atoms with Gasteiger partial charge in [-0.25, -0.2) is 18.7 Å². The smallest absolute Gasteiger partial charge is 0.278 e. The summed E-state index contributed by atoms with van der Waals surface area (Å²) in [6.07, 6.45) is 5.56. The van der Waals surface area contributed by atoms with E-state index in [4.69, 9.17) is 0 Å². The van der Waals surface area contributed by atoms with Gasteiger partial charge < -0.3 is 10.6 Å². The van der Waals surface area contributed by atoms with Crippen LogP contribution in [0.15, 0.2) is 54.1 Å². The van der Waals surface area contributed by atoms with E-state index in [-0.39, 0.29) is 22.7 Å². The molecule has 9 heteroatoms. The highest BCUT2D eigenvalue weighted by Gasteiger charge is 2.21. The van der Waals surface area contributed by atoms with Gasteiger partial charge in [0.25, 0.3) is 5.56 Å². The van der Waals surface area contributed by atoms with E-state index < -0.39 is 0 Å². The van der Waals surface area contributed by atoms with E-state index >= 15 is 0 Å². The molecule has 0 saturated heterocycles. The third-order valence-electron chi connectivity index (χ3n) is 6.15. The molecule has 2 N–H and O–H groups in total. The van der Waals surface area contributed by atoms with Gasteiger partial charge in [-0.3, -0.25) is 9.78 Å². The van der Waals surface area contributed by atoms with Crippen LogP contribution in [0.3, 0.4) is 0 Å². The van der Waals surface area contributed by atoms with E-state index in [1.165, 1.54) is 12.3 Å². The maximum atomic E-state index is 14.7. The molecule has 0 atom stereocenters. The van der Waals surface area contributed by atoms with E-state index in [0.29, 0.717) is 36.2 Å². The molecule has 8 nitrogen and oxygen atoms in total. The number of hydrogen-bond acceptors (Lipinski definition) is 6. The fraction of sp³-hybridized carbons (Fsp3) is 0.308. The summed E-state index contributed by atoms with van der Waals surface area (Å²) >= 11 is 0. The van der Waals surface area contributed by atoms with Gasteiger partial charge in [0.2, 0.25) is 5.95 Å². The van der Waals surface area contributed by atoms with Gasteiger partial charge in [-0.05, 0) is 48.4 Å². The molecule has 0 unspecified atom stereocenters. The molecule has 0 bridgehead atoms. The Balaban J connectivity index is 1.63. The SMILES string of the molecule is C=CCn1c(=O)c2cnc(Nc3cc(F)c4c(c3)CNCC4)nc2n1-c1ccnc(C(C)(C)C)c1. The lowest BCUT2D eigenvalue weighted by atomic mass is 9.91. The Morgan fingerprint density at radius 2 is 2.09 bits per heavy atom. The molecule has 3 aromatic heterocycles. The van der Waals surface area contributed by atoms with Crippen LogP contribution in [0.4, 0.5) is 16.0 Å². The maximum Gasteiger partial charge on any atom is 0.278 e. The third-order valence-corrected chi connectivity index (χ3v) is 6.15. The molecule has 0 amide bonds. The van der Waals surface area contributed by atoms with Gasteiger partial charge in [0.1, 0.15) is 11.2 Å². The number of anilines is 2. The number of halogens is 1. The van der Waals surface area contributed by atoms with Crippen LogP contribution in [0, 0.1) is 5.82 Å². The Morgan fingerprint density at radius 3 is 2.86 bits per heavy atom. The minimum atomic E-state index is -0.242. The Morgan fingerprint density at radius 1 is 1.26 bits per heavy atom. The number of aromatic nitrogens is 5. The van der Waals surface area contributed by atoms with Gasteiger partial charge in [0, 0.05) is 35.7 Å². The summed E-state index contributed by atoms with van der Waals surface area (Å²) in [5.74, 6) is 0.0309. The fourth-order valence-corrected chi connectivity index (χ4v) is 4.37. The van der Waals surface area contributed by atoms with Gasteiger partial charge >= 0.3 is 0 Å². The van der Waals surface area contributed by atoms with Crippen molar-refractivity contribution in [2.24, 2.45) is 0 Å². The molecule has 0 radical (unpaired) electrons. The lowest BCUT2D eigenvalue weighted by Gasteiger charge is -2.19. The Bertz CT molecular complexity index is 1500. The number of pyridine rings is 1. The number of nitrogens with one attached hydrogen (secondary N) is 2. The molecule has 1 aromatic carbocycles. The van der Waals surface area contributed by atoms with Crippen LogP contribution in [-0.2, 0) is 24.9 Å². The molecular weight excluding hydrogens is 445 g/mol. The zero-order chi connectivity index (χ0) is 24.7. The largest absolute Gasteiger partial charge is 0.324 e. The van der Waals surface area contributed by atoms with Gasteiger partial charge in [-0.15, -0.1) is 6.58 Å². The average Bonchev–Trinajstić information content (AvgIpc) is 3.10.